The van der Waals surface area contributed by atoms with Gasteiger partial charge in [0, 0.05) is 25.3 Å². The summed E-state index contributed by atoms with van der Waals surface area (Å²) in [6.45, 7) is 6.88. The van der Waals surface area contributed by atoms with E-state index in [2.05, 4.69) is 9.97 Å². The maximum Gasteiger partial charge on any atom is 0.410 e. The second-order valence-electron chi connectivity index (χ2n) is 6.95. The molecule has 3 heterocycles. The molecule has 0 spiro atoms. The minimum absolute atomic E-state index is 0.213. The van der Waals surface area contributed by atoms with Gasteiger partial charge in [-0.3, -0.25) is 0 Å². The molecule has 0 bridgehead atoms. The Morgan fingerprint density at radius 3 is 2.54 bits per heavy atom. The van der Waals surface area contributed by atoms with Crippen molar-refractivity contribution in [3.63, 3.8) is 0 Å². The van der Waals surface area contributed by atoms with E-state index in [0.29, 0.717) is 28.7 Å². The first-order chi connectivity index (χ1) is 11.3. The van der Waals surface area contributed by atoms with Gasteiger partial charge in [0.2, 0.25) is 0 Å². The maximum absolute atomic E-state index is 12.2. The van der Waals surface area contributed by atoms with Crippen molar-refractivity contribution in [2.24, 2.45) is 0 Å². The van der Waals surface area contributed by atoms with Crippen LogP contribution in [0.2, 0.25) is 10.2 Å². The van der Waals surface area contributed by atoms with Gasteiger partial charge in [-0.25, -0.2) is 14.8 Å². The minimum Gasteiger partial charge on any atom is -0.444 e. The van der Waals surface area contributed by atoms with Gasteiger partial charge in [0.05, 0.1) is 10.4 Å². The van der Waals surface area contributed by atoms with Gasteiger partial charge in [-0.2, -0.15) is 0 Å². The number of nitrogens with zero attached hydrogens (tertiary/aromatic N) is 4. The predicted octanol–water partition coefficient (Wildman–Crippen LogP) is 4.31. The van der Waals surface area contributed by atoms with Gasteiger partial charge in [-0.15, -0.1) is 0 Å². The number of halogens is 2. The van der Waals surface area contributed by atoms with Crippen molar-refractivity contribution in [2.45, 2.75) is 45.3 Å². The fraction of sp³-hybridized carbons (Fsp3) is 0.562. The van der Waals surface area contributed by atoms with Gasteiger partial charge in [0.15, 0.2) is 0 Å². The molecule has 1 saturated heterocycles. The molecule has 1 aliphatic rings. The SMILES string of the molecule is CC(C)(C)OC(=O)N1CCC(n2cc(Cl)c3c(Cl)ncnc32)CC1. The first-order valence-corrected chi connectivity index (χ1v) is 8.66. The van der Waals surface area contributed by atoms with Crippen LogP contribution in [0.1, 0.15) is 39.7 Å². The van der Waals surface area contributed by atoms with Crippen molar-refractivity contribution in [1.82, 2.24) is 19.4 Å². The monoisotopic (exact) mass is 370 g/mol. The lowest BCUT2D eigenvalue weighted by atomic mass is 10.1. The highest BCUT2D eigenvalue weighted by Crippen LogP contribution is 2.34. The summed E-state index contributed by atoms with van der Waals surface area (Å²) in [6.07, 6.45) is 4.64. The molecule has 2 aromatic heterocycles. The van der Waals surface area contributed by atoms with Crippen LogP contribution in [0.25, 0.3) is 11.0 Å². The third kappa shape index (κ3) is 3.44. The first-order valence-electron chi connectivity index (χ1n) is 7.91. The average molecular weight is 371 g/mol. The highest BCUT2D eigenvalue weighted by molar-refractivity contribution is 6.41. The van der Waals surface area contributed by atoms with Gasteiger partial charge in [-0.05, 0) is 33.6 Å². The lowest BCUT2D eigenvalue weighted by Crippen LogP contribution is -2.42. The predicted molar refractivity (Wildman–Crippen MR) is 93.6 cm³/mol. The van der Waals surface area contributed by atoms with Crippen LogP contribution in [-0.4, -0.2) is 44.2 Å². The van der Waals surface area contributed by atoms with E-state index in [9.17, 15) is 4.79 Å². The molecule has 130 valence electrons. The fourth-order valence-corrected chi connectivity index (χ4v) is 3.49. The number of hydrogen-bond acceptors (Lipinski definition) is 4. The van der Waals surface area contributed by atoms with Crippen molar-refractivity contribution >= 4 is 40.3 Å². The first kappa shape index (κ1) is 17.3. The molecule has 1 amide bonds. The minimum atomic E-state index is -0.480. The molecular formula is C16H20Cl2N4O2. The largest absolute Gasteiger partial charge is 0.444 e. The number of carbonyl (C=O) groups excluding carboxylic acids is 1. The Balaban J connectivity index is 1.74. The van der Waals surface area contributed by atoms with E-state index in [1.54, 1.807) is 4.90 Å². The summed E-state index contributed by atoms with van der Waals surface area (Å²) in [5, 5.41) is 1.58. The molecule has 2 aromatic rings. The molecule has 0 saturated carbocycles. The van der Waals surface area contributed by atoms with Crippen molar-refractivity contribution < 1.29 is 9.53 Å². The van der Waals surface area contributed by atoms with Gasteiger partial charge in [-0.1, -0.05) is 23.2 Å². The van der Waals surface area contributed by atoms with Crippen LogP contribution in [0, 0.1) is 0 Å². The molecule has 0 N–H and O–H groups in total. The number of likely N-dealkylation sites (tertiary alicyclic amines) is 1. The summed E-state index contributed by atoms with van der Waals surface area (Å²) in [6, 6.07) is 0.213. The molecule has 6 nitrogen and oxygen atoms in total. The van der Waals surface area contributed by atoms with E-state index in [4.69, 9.17) is 27.9 Å². The van der Waals surface area contributed by atoms with Gasteiger partial charge in [0.25, 0.3) is 0 Å². The topological polar surface area (TPSA) is 60.2 Å². The fourth-order valence-electron chi connectivity index (χ4n) is 2.94. The molecule has 24 heavy (non-hydrogen) atoms. The van der Waals surface area contributed by atoms with Gasteiger partial charge in [0.1, 0.15) is 22.7 Å². The summed E-state index contributed by atoms with van der Waals surface area (Å²) >= 11 is 12.4. The summed E-state index contributed by atoms with van der Waals surface area (Å²) in [5.41, 5.74) is 0.252. The van der Waals surface area contributed by atoms with E-state index in [-0.39, 0.29) is 12.1 Å². The number of fused-ring (bicyclic) bond motifs is 1. The Bertz CT molecular complexity index is 761. The molecule has 0 atom stereocenters. The molecule has 1 fully saturated rings. The van der Waals surface area contributed by atoms with Crippen LogP contribution in [0.15, 0.2) is 12.5 Å². The number of amides is 1. The second kappa shape index (κ2) is 6.41. The number of aromatic nitrogens is 3. The van der Waals surface area contributed by atoms with Crippen molar-refractivity contribution in [3.8, 4) is 0 Å². The van der Waals surface area contributed by atoms with E-state index in [0.717, 1.165) is 18.5 Å². The molecule has 0 aromatic carbocycles. The van der Waals surface area contributed by atoms with E-state index in [1.165, 1.54) is 6.33 Å². The van der Waals surface area contributed by atoms with Crippen molar-refractivity contribution in [2.75, 3.05) is 13.1 Å². The van der Waals surface area contributed by atoms with Crippen LogP contribution in [0.3, 0.4) is 0 Å². The average Bonchev–Trinajstić information content (AvgIpc) is 2.84. The number of piperidine rings is 1. The number of carbonyl (C=O) groups is 1. The number of hydrogen-bond donors (Lipinski definition) is 0. The zero-order valence-corrected chi connectivity index (χ0v) is 15.4. The Kier molecular flexibility index (Phi) is 4.62. The van der Waals surface area contributed by atoms with Crippen LogP contribution < -0.4 is 0 Å². The normalized spacial score (nSPS) is 16.6. The maximum atomic E-state index is 12.2. The Morgan fingerprint density at radius 1 is 1.25 bits per heavy atom. The third-order valence-electron chi connectivity index (χ3n) is 4.03. The van der Waals surface area contributed by atoms with Crippen LogP contribution in [0.4, 0.5) is 4.79 Å². The van der Waals surface area contributed by atoms with Gasteiger partial charge < -0.3 is 14.2 Å². The molecule has 0 aliphatic carbocycles. The lowest BCUT2D eigenvalue weighted by Gasteiger charge is -2.34. The standard InChI is InChI=1S/C16H20Cl2N4O2/c1-16(2,3)24-15(23)21-6-4-10(5-7-21)22-8-11(17)12-13(18)19-9-20-14(12)22/h8-10H,4-7H2,1-3H3. The molecule has 0 radical (unpaired) electrons. The molecular weight excluding hydrogens is 351 g/mol. The van der Waals surface area contributed by atoms with Crippen molar-refractivity contribution in [1.29, 1.82) is 0 Å². The highest BCUT2D eigenvalue weighted by Gasteiger charge is 2.28. The quantitative estimate of drug-likeness (QED) is 0.701. The summed E-state index contributed by atoms with van der Waals surface area (Å²) in [4.78, 5) is 22.2. The Hall–Kier alpha value is -1.53. The van der Waals surface area contributed by atoms with Crippen LogP contribution in [-0.2, 0) is 4.74 Å². The molecule has 1 aliphatic heterocycles. The number of rotatable bonds is 1. The van der Waals surface area contributed by atoms with Gasteiger partial charge >= 0.3 is 6.09 Å². The summed E-state index contributed by atoms with van der Waals surface area (Å²) < 4.78 is 7.47. The molecule has 3 rings (SSSR count). The number of ether oxygens (including phenoxy) is 1. The zero-order valence-electron chi connectivity index (χ0n) is 13.9. The Morgan fingerprint density at radius 2 is 1.92 bits per heavy atom. The molecule has 0 unspecified atom stereocenters. The van der Waals surface area contributed by atoms with E-state index in [1.807, 2.05) is 31.5 Å². The second-order valence-corrected chi connectivity index (χ2v) is 7.71. The Labute approximate surface area is 150 Å². The van der Waals surface area contributed by atoms with E-state index < -0.39 is 5.60 Å². The van der Waals surface area contributed by atoms with Crippen LogP contribution >= 0.6 is 23.2 Å². The lowest BCUT2D eigenvalue weighted by molar-refractivity contribution is 0.0189. The van der Waals surface area contributed by atoms with Crippen LogP contribution in [0.5, 0.6) is 0 Å². The summed E-state index contributed by atoms with van der Waals surface area (Å²) in [7, 11) is 0. The smallest absolute Gasteiger partial charge is 0.410 e. The third-order valence-corrected chi connectivity index (χ3v) is 4.60. The van der Waals surface area contributed by atoms with Crippen molar-refractivity contribution in [3.05, 3.63) is 22.7 Å². The molecule has 8 heteroatoms. The highest BCUT2D eigenvalue weighted by atomic mass is 35.5. The van der Waals surface area contributed by atoms with E-state index >= 15 is 0 Å². The summed E-state index contributed by atoms with van der Waals surface area (Å²) in [5.74, 6) is 0. The zero-order chi connectivity index (χ0) is 17.5.